The average molecular weight is 217 g/mol. The van der Waals surface area contributed by atoms with Crippen molar-refractivity contribution in [2.24, 2.45) is 0 Å². The zero-order valence-electron chi connectivity index (χ0n) is 7.86. The second kappa shape index (κ2) is 3.50. The van der Waals surface area contributed by atoms with Gasteiger partial charge < -0.3 is 10.4 Å². The van der Waals surface area contributed by atoms with Crippen LogP contribution in [0.2, 0.25) is 0 Å². The molecule has 0 aromatic heterocycles. The Morgan fingerprint density at radius 2 is 1.80 bits per heavy atom. The van der Waals surface area contributed by atoms with Gasteiger partial charge in [0.05, 0.1) is 5.60 Å². The molecule has 82 valence electrons. The third-order valence-corrected chi connectivity index (χ3v) is 2.55. The van der Waals surface area contributed by atoms with Gasteiger partial charge in [0.15, 0.2) is 11.6 Å². The van der Waals surface area contributed by atoms with Crippen molar-refractivity contribution in [1.82, 2.24) is 5.32 Å². The number of β-amino-alcohol motifs (C(OH)–C–C–N with tert-alkyl or cyclic N) is 1. The van der Waals surface area contributed by atoms with Crippen LogP contribution in [0.5, 0.6) is 0 Å². The van der Waals surface area contributed by atoms with Crippen molar-refractivity contribution < 1.29 is 18.3 Å². The summed E-state index contributed by atoms with van der Waals surface area (Å²) in [4.78, 5) is 0. The second-order valence-electron chi connectivity index (χ2n) is 3.83. The maximum atomic E-state index is 13.2. The van der Waals surface area contributed by atoms with Crippen LogP contribution >= 0.6 is 0 Å². The summed E-state index contributed by atoms with van der Waals surface area (Å²) >= 11 is 0. The zero-order valence-corrected chi connectivity index (χ0v) is 7.86. The number of benzene rings is 1. The van der Waals surface area contributed by atoms with Gasteiger partial charge in [0.2, 0.25) is 0 Å². The summed E-state index contributed by atoms with van der Waals surface area (Å²) < 4.78 is 39.2. The fourth-order valence-electron chi connectivity index (χ4n) is 1.60. The lowest BCUT2D eigenvalue weighted by Gasteiger charge is -2.37. The van der Waals surface area contributed by atoms with Crippen molar-refractivity contribution in [3.63, 3.8) is 0 Å². The molecule has 0 amide bonds. The van der Waals surface area contributed by atoms with Crippen LogP contribution in [0, 0.1) is 17.5 Å². The Bertz CT molecular complexity index is 390. The average Bonchev–Trinajstić information content (AvgIpc) is 2.16. The van der Waals surface area contributed by atoms with Crippen molar-refractivity contribution in [3.05, 3.63) is 35.1 Å². The Kier molecular flexibility index (Phi) is 2.44. The number of rotatable bonds is 2. The van der Waals surface area contributed by atoms with Crippen molar-refractivity contribution in [1.29, 1.82) is 0 Å². The highest BCUT2D eigenvalue weighted by Crippen LogP contribution is 2.23. The topological polar surface area (TPSA) is 32.3 Å². The third kappa shape index (κ3) is 1.85. The monoisotopic (exact) mass is 217 g/mol. The zero-order chi connectivity index (χ0) is 11.1. The normalized spacial score (nSPS) is 18.7. The van der Waals surface area contributed by atoms with Crippen molar-refractivity contribution in [2.45, 2.75) is 12.0 Å². The molecule has 2 rings (SSSR count). The number of nitrogens with one attached hydrogen (secondary N) is 1. The maximum absolute atomic E-state index is 13.2. The fraction of sp³-hybridized carbons (Fsp3) is 0.400. The van der Waals surface area contributed by atoms with Crippen LogP contribution in [0.15, 0.2) is 12.1 Å². The first-order valence-electron chi connectivity index (χ1n) is 4.57. The lowest BCUT2D eigenvalue weighted by Crippen LogP contribution is -2.60. The first-order chi connectivity index (χ1) is 7.02. The van der Waals surface area contributed by atoms with Gasteiger partial charge in [0.25, 0.3) is 0 Å². The molecule has 0 aliphatic carbocycles. The van der Waals surface area contributed by atoms with Crippen LogP contribution in [-0.2, 0) is 6.42 Å². The molecule has 1 aromatic rings. The molecule has 5 heteroatoms. The first kappa shape index (κ1) is 10.4. The van der Waals surface area contributed by atoms with Gasteiger partial charge in [0.1, 0.15) is 5.82 Å². The van der Waals surface area contributed by atoms with Gasteiger partial charge in [-0.05, 0) is 12.1 Å². The molecule has 0 spiro atoms. The van der Waals surface area contributed by atoms with E-state index in [9.17, 15) is 18.3 Å². The van der Waals surface area contributed by atoms with Crippen LogP contribution in [0.4, 0.5) is 13.2 Å². The fourth-order valence-corrected chi connectivity index (χ4v) is 1.60. The predicted octanol–water partition coefficient (Wildman–Crippen LogP) is 0.981. The molecule has 1 aliphatic rings. The highest BCUT2D eigenvalue weighted by molar-refractivity contribution is 5.24. The minimum atomic E-state index is -1.21. The molecule has 1 fully saturated rings. The molecule has 2 N–H and O–H groups in total. The summed E-state index contributed by atoms with van der Waals surface area (Å²) in [5, 5.41) is 12.5. The second-order valence-corrected chi connectivity index (χ2v) is 3.83. The molecule has 2 nitrogen and oxygen atoms in total. The largest absolute Gasteiger partial charge is 0.387 e. The molecule has 1 aliphatic heterocycles. The summed E-state index contributed by atoms with van der Waals surface area (Å²) in [6, 6.07) is 1.60. The Labute approximate surface area is 84.7 Å². The van der Waals surface area contributed by atoms with E-state index in [1.54, 1.807) is 0 Å². The highest BCUT2D eigenvalue weighted by atomic mass is 19.2. The molecule has 1 aromatic carbocycles. The molecule has 0 saturated carbocycles. The van der Waals surface area contributed by atoms with Gasteiger partial charge in [-0.3, -0.25) is 0 Å². The van der Waals surface area contributed by atoms with Gasteiger partial charge in [-0.2, -0.15) is 0 Å². The quantitative estimate of drug-likeness (QED) is 0.724. The number of hydrogen-bond acceptors (Lipinski definition) is 2. The molecule has 15 heavy (non-hydrogen) atoms. The van der Waals surface area contributed by atoms with Gasteiger partial charge in [0, 0.05) is 25.1 Å². The molecule has 0 unspecified atom stereocenters. The summed E-state index contributed by atoms with van der Waals surface area (Å²) in [6.07, 6.45) is -0.213. The molecule has 1 heterocycles. The maximum Gasteiger partial charge on any atom is 0.165 e. The van der Waals surface area contributed by atoms with Gasteiger partial charge in [-0.25, -0.2) is 13.2 Å². The van der Waals surface area contributed by atoms with E-state index >= 15 is 0 Å². The number of aliphatic hydroxyl groups is 1. The summed E-state index contributed by atoms with van der Waals surface area (Å²) in [5.74, 6) is -3.13. The summed E-state index contributed by atoms with van der Waals surface area (Å²) in [7, 11) is 0. The third-order valence-electron chi connectivity index (χ3n) is 2.55. The standard InChI is InChI=1S/C10H10F3NO/c11-7-1-2-8(12)9(13)6(7)3-10(15)4-14-5-10/h1-2,14-15H,3-5H2. The van der Waals surface area contributed by atoms with Crippen molar-refractivity contribution >= 4 is 0 Å². The number of hydrogen-bond donors (Lipinski definition) is 2. The first-order valence-corrected chi connectivity index (χ1v) is 4.57. The van der Waals surface area contributed by atoms with Crippen LogP contribution in [-0.4, -0.2) is 23.8 Å². The summed E-state index contributed by atoms with van der Waals surface area (Å²) in [5.41, 5.74) is -1.55. The van der Waals surface area contributed by atoms with E-state index in [-0.39, 0.29) is 25.1 Å². The van der Waals surface area contributed by atoms with Crippen LogP contribution in [0.25, 0.3) is 0 Å². The SMILES string of the molecule is OC1(Cc2c(F)ccc(F)c2F)CNC1. The Hall–Kier alpha value is -1.07. The lowest BCUT2D eigenvalue weighted by atomic mass is 9.89. The number of halogens is 3. The Balaban J connectivity index is 2.30. The van der Waals surface area contributed by atoms with E-state index in [2.05, 4.69) is 5.32 Å². The summed E-state index contributed by atoms with van der Waals surface area (Å²) in [6.45, 7) is 0.533. The lowest BCUT2D eigenvalue weighted by molar-refractivity contribution is -0.0105. The van der Waals surface area contributed by atoms with E-state index in [0.717, 1.165) is 12.1 Å². The van der Waals surface area contributed by atoms with Crippen LogP contribution < -0.4 is 5.32 Å². The van der Waals surface area contributed by atoms with Crippen LogP contribution in [0.3, 0.4) is 0 Å². The van der Waals surface area contributed by atoms with Crippen molar-refractivity contribution in [2.75, 3.05) is 13.1 Å². The van der Waals surface area contributed by atoms with Gasteiger partial charge in [-0.15, -0.1) is 0 Å². The molecule has 0 bridgehead atoms. The van der Waals surface area contributed by atoms with E-state index in [4.69, 9.17) is 0 Å². The Morgan fingerprint density at radius 3 is 2.33 bits per heavy atom. The van der Waals surface area contributed by atoms with Gasteiger partial charge in [-0.1, -0.05) is 0 Å². The highest BCUT2D eigenvalue weighted by Gasteiger charge is 2.36. The predicted molar refractivity (Wildman–Crippen MR) is 47.8 cm³/mol. The smallest absolute Gasteiger partial charge is 0.165 e. The molecule has 0 atom stereocenters. The molecule has 0 radical (unpaired) electrons. The minimum absolute atomic E-state index is 0.213. The molecular formula is C10H10F3NO. The van der Waals surface area contributed by atoms with Gasteiger partial charge >= 0.3 is 0 Å². The minimum Gasteiger partial charge on any atom is -0.387 e. The van der Waals surface area contributed by atoms with Crippen molar-refractivity contribution in [3.8, 4) is 0 Å². The Morgan fingerprint density at radius 1 is 1.20 bits per heavy atom. The molecule has 1 saturated heterocycles. The van der Waals surface area contributed by atoms with E-state index in [0.29, 0.717) is 0 Å². The van der Waals surface area contributed by atoms with E-state index < -0.39 is 23.1 Å². The van der Waals surface area contributed by atoms with Crippen LogP contribution in [0.1, 0.15) is 5.56 Å². The molecular weight excluding hydrogens is 207 g/mol. The van der Waals surface area contributed by atoms with E-state index in [1.807, 2.05) is 0 Å². The van der Waals surface area contributed by atoms with E-state index in [1.165, 1.54) is 0 Å².